The van der Waals surface area contributed by atoms with Crippen molar-refractivity contribution in [1.82, 2.24) is 19.3 Å². The topological polar surface area (TPSA) is 81.9 Å². The van der Waals surface area contributed by atoms with Gasteiger partial charge in [0.15, 0.2) is 0 Å². The molecule has 3 heterocycles. The predicted octanol–water partition coefficient (Wildman–Crippen LogP) is 2.38. The molecule has 7 nitrogen and oxygen atoms in total. The number of hydrogen-bond donors (Lipinski definition) is 1. The summed E-state index contributed by atoms with van der Waals surface area (Å²) < 4.78 is 21.8. The molecule has 0 bridgehead atoms. The first kappa shape index (κ1) is 18.7. The summed E-state index contributed by atoms with van der Waals surface area (Å²) in [7, 11) is 1.59. The second-order valence-electron chi connectivity index (χ2n) is 6.66. The lowest BCUT2D eigenvalue weighted by atomic mass is 10.2. The Morgan fingerprint density at radius 2 is 1.93 bits per heavy atom. The van der Waals surface area contributed by atoms with E-state index in [-0.39, 0.29) is 23.5 Å². The lowest BCUT2D eigenvalue weighted by molar-refractivity contribution is 0.294. The summed E-state index contributed by atoms with van der Waals surface area (Å²) in [6.45, 7) is 0.343. The van der Waals surface area contributed by atoms with Crippen LogP contribution in [0.15, 0.2) is 64.3 Å². The minimum atomic E-state index is -0.369. The second-order valence-corrected chi connectivity index (χ2v) is 6.66. The summed E-state index contributed by atoms with van der Waals surface area (Å²) in [5.74, 6) is 0.0747. The zero-order chi connectivity index (χ0) is 20.4. The lowest BCUT2D eigenvalue weighted by Crippen LogP contribution is -2.26. The van der Waals surface area contributed by atoms with Crippen molar-refractivity contribution in [3.63, 3.8) is 0 Å². The summed E-state index contributed by atoms with van der Waals surface area (Å²) in [4.78, 5) is 29.7. The first-order valence-corrected chi connectivity index (χ1v) is 9.12. The van der Waals surface area contributed by atoms with Crippen molar-refractivity contribution in [2.45, 2.75) is 19.6 Å². The number of nitrogens with zero attached hydrogens (tertiary/aromatic N) is 3. The second kappa shape index (κ2) is 7.75. The van der Waals surface area contributed by atoms with Gasteiger partial charge in [0, 0.05) is 38.0 Å². The van der Waals surface area contributed by atoms with Gasteiger partial charge in [-0.25, -0.2) is 4.39 Å². The van der Waals surface area contributed by atoms with Crippen LogP contribution < -0.4 is 15.9 Å². The number of pyridine rings is 2. The van der Waals surface area contributed by atoms with E-state index in [0.29, 0.717) is 35.3 Å². The molecule has 0 aliphatic heterocycles. The van der Waals surface area contributed by atoms with Crippen LogP contribution in [0.5, 0.6) is 5.75 Å². The molecule has 8 heteroatoms. The summed E-state index contributed by atoms with van der Waals surface area (Å²) in [5.41, 5.74) is 1.27. The average Bonchev–Trinajstić information content (AvgIpc) is 3.00. The third kappa shape index (κ3) is 3.82. The number of hydrogen-bond acceptors (Lipinski definition) is 4. The number of aromatic amines is 1. The highest BCUT2D eigenvalue weighted by Gasteiger charge is 2.17. The third-order valence-corrected chi connectivity index (χ3v) is 4.73. The Morgan fingerprint density at radius 3 is 2.66 bits per heavy atom. The number of ether oxygens (including phenoxy) is 1. The van der Waals surface area contributed by atoms with E-state index in [4.69, 9.17) is 4.74 Å². The Bertz CT molecular complexity index is 1260. The van der Waals surface area contributed by atoms with Crippen LogP contribution in [0.4, 0.5) is 4.39 Å². The monoisotopic (exact) mass is 394 g/mol. The van der Waals surface area contributed by atoms with E-state index in [1.54, 1.807) is 13.2 Å². The first-order valence-electron chi connectivity index (χ1n) is 9.12. The number of benzene rings is 1. The average molecular weight is 394 g/mol. The smallest absolute Gasteiger partial charge is 0.276 e. The third-order valence-electron chi connectivity index (χ3n) is 4.73. The molecule has 0 atom stereocenters. The molecule has 0 radical (unpaired) electrons. The van der Waals surface area contributed by atoms with Crippen LogP contribution >= 0.6 is 0 Å². The lowest BCUT2D eigenvalue weighted by Gasteiger charge is -2.14. The van der Waals surface area contributed by atoms with E-state index in [1.807, 2.05) is 18.2 Å². The number of halogens is 1. The summed E-state index contributed by atoms with van der Waals surface area (Å²) >= 11 is 0. The van der Waals surface area contributed by atoms with Gasteiger partial charge >= 0.3 is 0 Å². The van der Waals surface area contributed by atoms with E-state index >= 15 is 0 Å². The molecule has 0 fully saturated rings. The highest BCUT2D eigenvalue weighted by molar-refractivity contribution is 5.80. The van der Waals surface area contributed by atoms with E-state index in [9.17, 15) is 14.0 Å². The highest BCUT2D eigenvalue weighted by Crippen LogP contribution is 2.17. The first-order chi connectivity index (χ1) is 14.0. The number of rotatable bonds is 6. The van der Waals surface area contributed by atoms with Gasteiger partial charge in [-0.3, -0.25) is 24.4 Å². The van der Waals surface area contributed by atoms with Crippen LogP contribution in [-0.2, 0) is 26.6 Å². The molecule has 0 aliphatic rings. The minimum absolute atomic E-state index is 0.00642. The van der Waals surface area contributed by atoms with Crippen LogP contribution in [0.3, 0.4) is 0 Å². The van der Waals surface area contributed by atoms with Crippen LogP contribution in [0.1, 0.15) is 11.4 Å². The van der Waals surface area contributed by atoms with Crippen molar-refractivity contribution in [2.24, 2.45) is 7.05 Å². The van der Waals surface area contributed by atoms with Crippen molar-refractivity contribution in [3.05, 3.63) is 92.6 Å². The molecule has 148 valence electrons. The Balaban J connectivity index is 1.74. The summed E-state index contributed by atoms with van der Waals surface area (Å²) in [6, 6.07) is 12.6. The molecule has 0 amide bonds. The molecule has 3 aromatic heterocycles. The number of H-pyrrole nitrogens is 1. The quantitative estimate of drug-likeness (QED) is 0.544. The summed E-state index contributed by atoms with van der Waals surface area (Å²) in [6.07, 6.45) is 2.22. The van der Waals surface area contributed by atoms with E-state index in [1.165, 1.54) is 39.6 Å². The number of aromatic nitrogens is 4. The van der Waals surface area contributed by atoms with Gasteiger partial charge in [0.05, 0.1) is 16.6 Å². The molecular formula is C21H19FN4O3. The number of nitrogens with one attached hydrogen (secondary N) is 1. The predicted molar refractivity (Wildman–Crippen MR) is 106 cm³/mol. The minimum Gasteiger partial charge on any atom is -0.487 e. The molecule has 0 saturated heterocycles. The van der Waals surface area contributed by atoms with Gasteiger partial charge < -0.3 is 9.30 Å². The van der Waals surface area contributed by atoms with Gasteiger partial charge in [0.2, 0.25) is 0 Å². The van der Waals surface area contributed by atoms with E-state index < -0.39 is 0 Å². The van der Waals surface area contributed by atoms with Gasteiger partial charge in [0.25, 0.3) is 11.1 Å². The fourth-order valence-corrected chi connectivity index (χ4v) is 3.27. The Labute approximate surface area is 165 Å². The Morgan fingerprint density at radius 1 is 1.14 bits per heavy atom. The molecule has 1 aromatic carbocycles. The SMILES string of the molecule is Cn1[nH]c2cc(=O)n(CCc3ccccn3)c(COc3ccc(F)cc3)c2c1=O. The molecule has 0 unspecified atom stereocenters. The zero-order valence-corrected chi connectivity index (χ0v) is 15.8. The summed E-state index contributed by atoms with van der Waals surface area (Å²) in [5, 5.41) is 3.29. The fraction of sp³-hybridized carbons (Fsp3) is 0.190. The maximum atomic E-state index is 13.1. The molecular weight excluding hydrogens is 375 g/mol. The molecule has 4 aromatic rings. The number of fused-ring (bicyclic) bond motifs is 1. The van der Waals surface area contributed by atoms with E-state index in [2.05, 4.69) is 10.1 Å². The largest absolute Gasteiger partial charge is 0.487 e. The number of aryl methyl sites for hydroxylation is 2. The Kier molecular flexibility index (Phi) is 4.99. The van der Waals surface area contributed by atoms with Gasteiger partial charge in [-0.2, -0.15) is 0 Å². The van der Waals surface area contributed by atoms with Gasteiger partial charge in [0.1, 0.15) is 18.2 Å². The zero-order valence-electron chi connectivity index (χ0n) is 15.8. The van der Waals surface area contributed by atoms with Gasteiger partial charge in [-0.15, -0.1) is 0 Å². The Hall–Kier alpha value is -3.68. The van der Waals surface area contributed by atoms with Crippen LogP contribution in [0, 0.1) is 5.82 Å². The molecule has 0 saturated carbocycles. The maximum absolute atomic E-state index is 13.1. The molecule has 4 rings (SSSR count). The van der Waals surface area contributed by atoms with Gasteiger partial charge in [-0.05, 0) is 36.4 Å². The molecule has 29 heavy (non-hydrogen) atoms. The van der Waals surface area contributed by atoms with Crippen LogP contribution in [0.25, 0.3) is 10.9 Å². The normalized spacial score (nSPS) is 11.1. The van der Waals surface area contributed by atoms with Crippen LogP contribution in [0.2, 0.25) is 0 Å². The van der Waals surface area contributed by atoms with Crippen molar-refractivity contribution < 1.29 is 9.13 Å². The van der Waals surface area contributed by atoms with Crippen molar-refractivity contribution >= 4 is 10.9 Å². The maximum Gasteiger partial charge on any atom is 0.276 e. The fourth-order valence-electron chi connectivity index (χ4n) is 3.27. The van der Waals surface area contributed by atoms with Crippen molar-refractivity contribution in [2.75, 3.05) is 0 Å². The van der Waals surface area contributed by atoms with Crippen molar-refractivity contribution in [1.29, 1.82) is 0 Å². The molecule has 0 aliphatic carbocycles. The van der Waals surface area contributed by atoms with Crippen molar-refractivity contribution in [3.8, 4) is 5.75 Å². The molecule has 1 N–H and O–H groups in total. The van der Waals surface area contributed by atoms with Crippen LogP contribution in [-0.4, -0.2) is 19.3 Å². The van der Waals surface area contributed by atoms with E-state index in [0.717, 1.165) is 5.69 Å². The standard InChI is InChI=1S/C21H19FN4O3/c1-25-21(28)20-17(24-25)12-19(27)26(11-9-15-4-2-3-10-23-15)18(20)13-29-16-7-5-14(22)6-8-16/h2-8,10,12,24H,9,11,13H2,1H3. The molecule has 0 spiro atoms. The highest BCUT2D eigenvalue weighted by atomic mass is 19.1. The van der Waals surface area contributed by atoms with Gasteiger partial charge in [-0.1, -0.05) is 6.07 Å².